The first-order chi connectivity index (χ1) is 9.04. The number of sulfonamides is 1. The molecule has 2 N–H and O–H groups in total. The number of nitrogens with zero attached hydrogens (tertiary/aromatic N) is 1. The average molecular weight is 339 g/mol. The van der Waals surface area contributed by atoms with E-state index in [0.717, 1.165) is 19.3 Å². The fourth-order valence-electron chi connectivity index (χ4n) is 2.47. The number of rotatable bonds is 4. The number of nitrogens with two attached hydrogens (primary N) is 1. The topological polar surface area (TPSA) is 63.4 Å². The zero-order valence-corrected chi connectivity index (χ0v) is 13.6. The van der Waals surface area contributed by atoms with Gasteiger partial charge in [0.15, 0.2) is 0 Å². The van der Waals surface area contributed by atoms with E-state index in [2.05, 4.69) is 0 Å². The summed E-state index contributed by atoms with van der Waals surface area (Å²) in [5.41, 5.74) is 5.56. The number of piperidine rings is 1. The van der Waals surface area contributed by atoms with Gasteiger partial charge in [0.1, 0.15) is 0 Å². The van der Waals surface area contributed by atoms with Gasteiger partial charge in [-0.05, 0) is 56.0 Å². The molecule has 1 fully saturated rings. The minimum absolute atomic E-state index is 0. The second-order valence-electron chi connectivity index (χ2n) is 4.90. The van der Waals surface area contributed by atoms with Crippen LogP contribution in [0.25, 0.3) is 0 Å². The summed E-state index contributed by atoms with van der Waals surface area (Å²) >= 11 is 5.79. The summed E-state index contributed by atoms with van der Waals surface area (Å²) < 4.78 is 26.6. The van der Waals surface area contributed by atoms with Gasteiger partial charge in [0.25, 0.3) is 0 Å². The van der Waals surface area contributed by atoms with Gasteiger partial charge < -0.3 is 5.73 Å². The van der Waals surface area contributed by atoms with Crippen LogP contribution in [-0.4, -0.2) is 32.4 Å². The van der Waals surface area contributed by atoms with E-state index in [4.69, 9.17) is 17.3 Å². The van der Waals surface area contributed by atoms with Crippen LogP contribution in [0.2, 0.25) is 5.02 Å². The quantitative estimate of drug-likeness (QED) is 0.917. The van der Waals surface area contributed by atoms with E-state index in [1.165, 1.54) is 0 Å². The van der Waals surface area contributed by atoms with Crippen molar-refractivity contribution in [3.63, 3.8) is 0 Å². The highest BCUT2D eigenvalue weighted by Gasteiger charge is 2.29. The van der Waals surface area contributed by atoms with Crippen LogP contribution in [0.1, 0.15) is 19.3 Å². The van der Waals surface area contributed by atoms with Gasteiger partial charge in [-0.25, -0.2) is 8.42 Å². The van der Waals surface area contributed by atoms with Gasteiger partial charge in [0, 0.05) is 18.1 Å². The molecule has 1 aliphatic rings. The molecule has 0 radical (unpaired) electrons. The molecule has 0 saturated carbocycles. The van der Waals surface area contributed by atoms with Gasteiger partial charge in [0.05, 0.1) is 4.90 Å². The van der Waals surface area contributed by atoms with Crippen molar-refractivity contribution in [3.8, 4) is 0 Å². The maximum absolute atomic E-state index is 12.5. The van der Waals surface area contributed by atoms with Crippen molar-refractivity contribution in [1.29, 1.82) is 0 Å². The molecule has 7 heteroatoms. The molecule has 0 aliphatic carbocycles. The molecule has 0 aromatic heterocycles. The molecule has 1 unspecified atom stereocenters. The van der Waals surface area contributed by atoms with Gasteiger partial charge in [-0.2, -0.15) is 4.31 Å². The molecule has 1 aromatic carbocycles. The van der Waals surface area contributed by atoms with E-state index in [0.29, 0.717) is 35.5 Å². The van der Waals surface area contributed by atoms with Gasteiger partial charge in [0.2, 0.25) is 10.0 Å². The minimum Gasteiger partial charge on any atom is -0.330 e. The highest BCUT2D eigenvalue weighted by atomic mass is 35.5. The van der Waals surface area contributed by atoms with Crippen molar-refractivity contribution in [2.45, 2.75) is 24.2 Å². The highest BCUT2D eigenvalue weighted by Crippen LogP contribution is 2.25. The molecule has 0 spiro atoms. The summed E-state index contributed by atoms with van der Waals surface area (Å²) in [5.74, 6) is 0.376. The van der Waals surface area contributed by atoms with Gasteiger partial charge in [-0.1, -0.05) is 11.6 Å². The molecule has 0 bridgehead atoms. The summed E-state index contributed by atoms with van der Waals surface area (Å²) in [6.45, 7) is 1.77. The third kappa shape index (κ3) is 4.09. The molecule has 114 valence electrons. The normalized spacial score (nSPS) is 20.4. The lowest BCUT2D eigenvalue weighted by molar-refractivity contribution is 0.258. The van der Waals surface area contributed by atoms with E-state index in [9.17, 15) is 8.42 Å². The smallest absolute Gasteiger partial charge is 0.243 e. The van der Waals surface area contributed by atoms with Gasteiger partial charge >= 0.3 is 0 Å². The van der Waals surface area contributed by atoms with Crippen LogP contribution < -0.4 is 5.73 Å². The van der Waals surface area contributed by atoms with Crippen LogP contribution >= 0.6 is 24.0 Å². The molecule has 1 aromatic rings. The predicted octanol–water partition coefficient (Wildman–Crippen LogP) is 2.51. The lowest BCUT2D eigenvalue weighted by Gasteiger charge is -2.31. The summed E-state index contributed by atoms with van der Waals surface area (Å²) in [6.07, 6.45) is 2.84. The van der Waals surface area contributed by atoms with Crippen molar-refractivity contribution < 1.29 is 8.42 Å². The Labute approximate surface area is 131 Å². The van der Waals surface area contributed by atoms with E-state index in [1.54, 1.807) is 28.6 Å². The molecule has 0 amide bonds. The Hall–Kier alpha value is -0.330. The Morgan fingerprint density at radius 2 is 1.95 bits per heavy atom. The Bertz CT molecular complexity index is 518. The lowest BCUT2D eigenvalue weighted by Crippen LogP contribution is -2.40. The lowest BCUT2D eigenvalue weighted by atomic mass is 9.96. The van der Waals surface area contributed by atoms with Crippen molar-refractivity contribution in [3.05, 3.63) is 29.3 Å². The number of hydrogen-bond acceptors (Lipinski definition) is 3. The molecule has 1 heterocycles. The molecule has 2 rings (SSSR count). The Balaban J connectivity index is 0.00000200. The van der Waals surface area contributed by atoms with Crippen LogP contribution in [-0.2, 0) is 10.0 Å². The van der Waals surface area contributed by atoms with E-state index in [-0.39, 0.29) is 12.4 Å². The van der Waals surface area contributed by atoms with Gasteiger partial charge in [-0.3, -0.25) is 0 Å². The fourth-order valence-corrected chi connectivity index (χ4v) is 4.15. The van der Waals surface area contributed by atoms with Crippen molar-refractivity contribution >= 4 is 34.0 Å². The Morgan fingerprint density at radius 1 is 1.30 bits per heavy atom. The number of hydrogen-bond donors (Lipinski definition) is 1. The molecule has 1 aliphatic heterocycles. The predicted molar refractivity (Wildman–Crippen MR) is 83.9 cm³/mol. The van der Waals surface area contributed by atoms with Crippen LogP contribution in [0, 0.1) is 5.92 Å². The van der Waals surface area contributed by atoms with Crippen LogP contribution in [0.5, 0.6) is 0 Å². The minimum atomic E-state index is -3.40. The molecule has 1 atom stereocenters. The largest absolute Gasteiger partial charge is 0.330 e. The number of benzene rings is 1. The van der Waals surface area contributed by atoms with Crippen molar-refractivity contribution in [2.75, 3.05) is 19.6 Å². The maximum Gasteiger partial charge on any atom is 0.243 e. The summed E-state index contributed by atoms with van der Waals surface area (Å²) in [5, 5.41) is 0.540. The van der Waals surface area contributed by atoms with E-state index in [1.807, 2.05) is 0 Å². The van der Waals surface area contributed by atoms with Crippen molar-refractivity contribution in [1.82, 2.24) is 4.31 Å². The molecular weight excluding hydrogens is 319 g/mol. The van der Waals surface area contributed by atoms with Gasteiger partial charge in [-0.15, -0.1) is 12.4 Å². The second-order valence-corrected chi connectivity index (χ2v) is 7.28. The zero-order valence-electron chi connectivity index (χ0n) is 11.2. The summed E-state index contributed by atoms with van der Waals surface area (Å²) in [4.78, 5) is 0.310. The van der Waals surface area contributed by atoms with Crippen LogP contribution in [0.4, 0.5) is 0 Å². The fraction of sp³-hybridized carbons (Fsp3) is 0.538. The molecule has 1 saturated heterocycles. The average Bonchev–Trinajstić information content (AvgIpc) is 2.40. The van der Waals surface area contributed by atoms with E-state index >= 15 is 0 Å². The molecule has 20 heavy (non-hydrogen) atoms. The monoisotopic (exact) mass is 338 g/mol. The zero-order chi connectivity index (χ0) is 13.9. The van der Waals surface area contributed by atoms with Crippen LogP contribution in [0.3, 0.4) is 0 Å². The first kappa shape index (κ1) is 17.7. The third-order valence-electron chi connectivity index (χ3n) is 3.51. The standard InChI is InChI=1S/C13H19ClN2O2S.ClH/c14-12-3-5-13(6-4-12)19(17,18)16-9-1-2-11(10-16)7-8-15;/h3-6,11H,1-2,7-10,15H2;1H. The van der Waals surface area contributed by atoms with E-state index < -0.39 is 10.0 Å². The molecule has 4 nitrogen and oxygen atoms in total. The first-order valence-corrected chi connectivity index (χ1v) is 8.31. The Morgan fingerprint density at radius 3 is 2.55 bits per heavy atom. The van der Waals surface area contributed by atoms with Crippen LogP contribution in [0.15, 0.2) is 29.2 Å². The number of halogens is 2. The Kier molecular flexibility index (Phi) is 6.75. The molecular formula is C13H20Cl2N2O2S. The second kappa shape index (κ2) is 7.61. The highest BCUT2D eigenvalue weighted by molar-refractivity contribution is 7.89. The summed E-state index contributed by atoms with van der Waals surface area (Å²) in [7, 11) is -3.40. The maximum atomic E-state index is 12.5. The SMILES string of the molecule is Cl.NCCC1CCCN(S(=O)(=O)c2ccc(Cl)cc2)C1. The third-order valence-corrected chi connectivity index (χ3v) is 5.64. The van der Waals surface area contributed by atoms with Crippen molar-refractivity contribution in [2.24, 2.45) is 11.7 Å². The summed E-state index contributed by atoms with van der Waals surface area (Å²) in [6, 6.07) is 6.33. The first-order valence-electron chi connectivity index (χ1n) is 6.50.